The molecule has 1 amide bonds. The number of benzene rings is 2. The number of anilines is 1. The van der Waals surface area contributed by atoms with Crippen molar-refractivity contribution in [2.45, 2.75) is 13.5 Å². The summed E-state index contributed by atoms with van der Waals surface area (Å²) in [5.74, 6) is -0.0929. The standard InChI is InChI=1S/C17H19N3OS/c1-2-18-17(22)20-15-10-8-14(9-11-15)16(21)19-12-13-6-4-3-5-7-13/h3-11H,2,12H2,1H3,(H,19,21)(H2,18,20,22). The molecule has 0 saturated carbocycles. The SMILES string of the molecule is CCNC(=S)Nc1ccc(C(=O)NCc2ccccc2)cc1. The molecule has 0 aliphatic carbocycles. The lowest BCUT2D eigenvalue weighted by atomic mass is 10.2. The van der Waals surface area contributed by atoms with E-state index in [9.17, 15) is 4.79 Å². The molecule has 0 atom stereocenters. The lowest BCUT2D eigenvalue weighted by Gasteiger charge is -2.09. The van der Waals surface area contributed by atoms with Gasteiger partial charge in [-0.2, -0.15) is 0 Å². The number of hydrogen-bond donors (Lipinski definition) is 3. The largest absolute Gasteiger partial charge is 0.363 e. The molecule has 4 nitrogen and oxygen atoms in total. The van der Waals surface area contributed by atoms with Crippen LogP contribution in [-0.2, 0) is 6.54 Å². The molecule has 0 unspecified atom stereocenters. The molecular weight excluding hydrogens is 294 g/mol. The molecule has 2 aromatic rings. The van der Waals surface area contributed by atoms with Crippen LogP contribution in [0.2, 0.25) is 0 Å². The minimum atomic E-state index is -0.0929. The monoisotopic (exact) mass is 313 g/mol. The highest BCUT2D eigenvalue weighted by Crippen LogP contribution is 2.10. The zero-order chi connectivity index (χ0) is 15.8. The Bertz CT molecular complexity index is 626. The van der Waals surface area contributed by atoms with Crippen molar-refractivity contribution in [2.75, 3.05) is 11.9 Å². The van der Waals surface area contributed by atoms with E-state index in [0.717, 1.165) is 17.8 Å². The van der Waals surface area contributed by atoms with Crippen LogP contribution in [0.15, 0.2) is 54.6 Å². The Balaban J connectivity index is 1.89. The van der Waals surface area contributed by atoms with Crippen molar-refractivity contribution in [1.29, 1.82) is 0 Å². The van der Waals surface area contributed by atoms with Gasteiger partial charge >= 0.3 is 0 Å². The third-order valence-electron chi connectivity index (χ3n) is 3.04. The van der Waals surface area contributed by atoms with E-state index in [4.69, 9.17) is 12.2 Å². The Kier molecular flexibility index (Phi) is 5.91. The summed E-state index contributed by atoms with van der Waals surface area (Å²) in [7, 11) is 0. The molecule has 114 valence electrons. The summed E-state index contributed by atoms with van der Waals surface area (Å²) in [4.78, 5) is 12.1. The first-order valence-corrected chi connectivity index (χ1v) is 7.57. The fourth-order valence-corrected chi connectivity index (χ4v) is 2.18. The van der Waals surface area contributed by atoms with Crippen molar-refractivity contribution >= 4 is 28.9 Å². The number of rotatable bonds is 5. The molecule has 0 saturated heterocycles. The molecule has 2 aromatic carbocycles. The minimum Gasteiger partial charge on any atom is -0.363 e. The number of hydrogen-bond acceptors (Lipinski definition) is 2. The van der Waals surface area contributed by atoms with Crippen molar-refractivity contribution < 1.29 is 4.79 Å². The predicted octanol–water partition coefficient (Wildman–Crippen LogP) is 2.92. The van der Waals surface area contributed by atoms with E-state index in [0.29, 0.717) is 17.2 Å². The summed E-state index contributed by atoms with van der Waals surface area (Å²) in [6.45, 7) is 3.27. The molecule has 0 heterocycles. The summed E-state index contributed by atoms with van der Waals surface area (Å²) >= 11 is 5.11. The van der Waals surface area contributed by atoms with Crippen molar-refractivity contribution in [3.05, 3.63) is 65.7 Å². The van der Waals surface area contributed by atoms with Gasteiger partial charge in [-0.15, -0.1) is 0 Å². The van der Waals surface area contributed by atoms with Gasteiger partial charge in [-0.1, -0.05) is 30.3 Å². The number of carbonyl (C=O) groups excluding carboxylic acids is 1. The maximum atomic E-state index is 12.1. The van der Waals surface area contributed by atoms with Gasteiger partial charge in [0.05, 0.1) is 0 Å². The zero-order valence-electron chi connectivity index (χ0n) is 12.4. The first-order chi connectivity index (χ1) is 10.7. The molecule has 0 radical (unpaired) electrons. The first kappa shape index (κ1) is 16.0. The third-order valence-corrected chi connectivity index (χ3v) is 3.28. The van der Waals surface area contributed by atoms with E-state index < -0.39 is 0 Å². The molecule has 0 aliphatic heterocycles. The molecule has 0 fully saturated rings. The first-order valence-electron chi connectivity index (χ1n) is 7.16. The van der Waals surface area contributed by atoms with E-state index in [2.05, 4.69) is 16.0 Å². The molecule has 22 heavy (non-hydrogen) atoms. The third kappa shape index (κ3) is 4.86. The number of carbonyl (C=O) groups is 1. The Morgan fingerprint density at radius 2 is 1.68 bits per heavy atom. The molecular formula is C17H19N3OS. The molecule has 5 heteroatoms. The van der Waals surface area contributed by atoms with Gasteiger partial charge in [-0.3, -0.25) is 4.79 Å². The van der Waals surface area contributed by atoms with Crippen LogP contribution in [0.3, 0.4) is 0 Å². The van der Waals surface area contributed by atoms with Gasteiger partial charge in [0.2, 0.25) is 0 Å². The number of amides is 1. The van der Waals surface area contributed by atoms with Gasteiger partial charge in [0, 0.05) is 24.3 Å². The van der Waals surface area contributed by atoms with Gasteiger partial charge in [-0.05, 0) is 49.0 Å². The Morgan fingerprint density at radius 3 is 2.32 bits per heavy atom. The fourth-order valence-electron chi connectivity index (χ4n) is 1.92. The smallest absolute Gasteiger partial charge is 0.251 e. The van der Waals surface area contributed by atoms with Crippen molar-refractivity contribution in [1.82, 2.24) is 10.6 Å². The summed E-state index contributed by atoms with van der Waals surface area (Å²) < 4.78 is 0. The van der Waals surface area contributed by atoms with Crippen LogP contribution in [0.1, 0.15) is 22.8 Å². The molecule has 0 bridgehead atoms. The van der Waals surface area contributed by atoms with Crippen molar-refractivity contribution in [3.63, 3.8) is 0 Å². The predicted molar refractivity (Wildman–Crippen MR) is 94.0 cm³/mol. The topological polar surface area (TPSA) is 53.2 Å². The van der Waals surface area contributed by atoms with Crippen LogP contribution in [0.4, 0.5) is 5.69 Å². The van der Waals surface area contributed by atoms with Crippen LogP contribution in [0, 0.1) is 0 Å². The normalized spacial score (nSPS) is 9.86. The van der Waals surface area contributed by atoms with Crippen LogP contribution < -0.4 is 16.0 Å². The summed E-state index contributed by atoms with van der Waals surface area (Å²) in [6.07, 6.45) is 0. The maximum Gasteiger partial charge on any atom is 0.251 e. The second kappa shape index (κ2) is 8.14. The average molecular weight is 313 g/mol. The zero-order valence-corrected chi connectivity index (χ0v) is 13.2. The van der Waals surface area contributed by atoms with Gasteiger partial charge in [0.15, 0.2) is 5.11 Å². The summed E-state index contributed by atoms with van der Waals surface area (Å²) in [6, 6.07) is 17.0. The van der Waals surface area contributed by atoms with Gasteiger partial charge in [0.1, 0.15) is 0 Å². The fraction of sp³-hybridized carbons (Fsp3) is 0.176. The van der Waals surface area contributed by atoms with E-state index in [-0.39, 0.29) is 5.91 Å². The van der Waals surface area contributed by atoms with Crippen LogP contribution in [0.25, 0.3) is 0 Å². The van der Waals surface area contributed by atoms with E-state index in [1.165, 1.54) is 0 Å². The number of thiocarbonyl (C=S) groups is 1. The maximum absolute atomic E-state index is 12.1. The van der Waals surface area contributed by atoms with E-state index >= 15 is 0 Å². The van der Waals surface area contributed by atoms with Gasteiger partial charge in [-0.25, -0.2) is 0 Å². The van der Waals surface area contributed by atoms with Crippen LogP contribution in [-0.4, -0.2) is 17.6 Å². The lowest BCUT2D eigenvalue weighted by molar-refractivity contribution is 0.0951. The lowest BCUT2D eigenvalue weighted by Crippen LogP contribution is -2.28. The molecule has 0 aromatic heterocycles. The quantitative estimate of drug-likeness (QED) is 0.743. The molecule has 0 spiro atoms. The number of nitrogens with one attached hydrogen (secondary N) is 3. The van der Waals surface area contributed by atoms with Crippen molar-refractivity contribution in [3.8, 4) is 0 Å². The Morgan fingerprint density at radius 1 is 1.00 bits per heavy atom. The second-order valence-corrected chi connectivity index (χ2v) is 5.14. The van der Waals surface area contributed by atoms with E-state index in [1.54, 1.807) is 12.1 Å². The van der Waals surface area contributed by atoms with Crippen molar-refractivity contribution in [2.24, 2.45) is 0 Å². The van der Waals surface area contributed by atoms with Gasteiger partial charge in [0.25, 0.3) is 5.91 Å². The highest BCUT2D eigenvalue weighted by atomic mass is 32.1. The van der Waals surface area contributed by atoms with Gasteiger partial charge < -0.3 is 16.0 Å². The van der Waals surface area contributed by atoms with E-state index in [1.807, 2.05) is 49.4 Å². The Labute approximate surface area is 135 Å². The minimum absolute atomic E-state index is 0.0929. The highest BCUT2D eigenvalue weighted by molar-refractivity contribution is 7.80. The summed E-state index contributed by atoms with van der Waals surface area (Å²) in [5, 5.41) is 9.54. The highest BCUT2D eigenvalue weighted by Gasteiger charge is 2.05. The Hall–Kier alpha value is -2.40. The van der Waals surface area contributed by atoms with Crippen LogP contribution in [0.5, 0.6) is 0 Å². The molecule has 3 N–H and O–H groups in total. The average Bonchev–Trinajstić information content (AvgIpc) is 2.54. The second-order valence-electron chi connectivity index (χ2n) is 4.73. The van der Waals surface area contributed by atoms with Crippen LogP contribution >= 0.6 is 12.2 Å². The summed E-state index contributed by atoms with van der Waals surface area (Å²) in [5.41, 5.74) is 2.55. The molecule has 0 aliphatic rings. The molecule has 2 rings (SSSR count).